The Morgan fingerprint density at radius 1 is 1.04 bits per heavy atom. The van der Waals surface area contributed by atoms with Crippen LogP contribution in [0.4, 0.5) is 11.4 Å². The Kier molecular flexibility index (Phi) is 7.02. The van der Waals surface area contributed by atoms with Gasteiger partial charge in [-0.2, -0.15) is 0 Å². The number of hydrogen-bond donors (Lipinski definition) is 2. The third kappa shape index (κ3) is 6.12. The van der Waals surface area contributed by atoms with E-state index in [-0.39, 0.29) is 18.4 Å². The Bertz CT molecular complexity index is 742. The molecule has 0 aliphatic carbocycles. The van der Waals surface area contributed by atoms with Gasteiger partial charge >= 0.3 is 0 Å². The Morgan fingerprint density at radius 3 is 2.42 bits per heavy atom. The van der Waals surface area contributed by atoms with E-state index in [4.69, 9.17) is 4.74 Å². The van der Waals surface area contributed by atoms with Gasteiger partial charge in [-0.15, -0.1) is 0 Å². The fraction of sp³-hybridized carbons (Fsp3) is 0.300. The van der Waals surface area contributed by atoms with E-state index in [2.05, 4.69) is 10.6 Å². The lowest BCUT2D eigenvalue weighted by Crippen LogP contribution is -2.22. The van der Waals surface area contributed by atoms with E-state index < -0.39 is 0 Å². The maximum Gasteiger partial charge on any atom is 0.243 e. The third-order valence-corrected chi connectivity index (χ3v) is 3.89. The molecule has 26 heavy (non-hydrogen) atoms. The van der Waals surface area contributed by atoms with Gasteiger partial charge in [-0.25, -0.2) is 0 Å². The Morgan fingerprint density at radius 2 is 1.77 bits per heavy atom. The summed E-state index contributed by atoms with van der Waals surface area (Å²) >= 11 is 0. The summed E-state index contributed by atoms with van der Waals surface area (Å²) in [6.45, 7) is 0.162. The molecule has 0 spiro atoms. The number of benzene rings is 2. The van der Waals surface area contributed by atoms with Crippen LogP contribution < -0.4 is 15.4 Å². The molecule has 0 radical (unpaired) electrons. The van der Waals surface area contributed by atoms with Crippen LogP contribution in [0.1, 0.15) is 12.0 Å². The summed E-state index contributed by atoms with van der Waals surface area (Å²) < 4.78 is 5.13. The first-order valence-electron chi connectivity index (χ1n) is 8.45. The summed E-state index contributed by atoms with van der Waals surface area (Å²) in [6.07, 6.45) is 1.19. The number of amides is 2. The summed E-state index contributed by atoms with van der Waals surface area (Å²) in [7, 11) is 5.10. The zero-order chi connectivity index (χ0) is 18.9. The van der Waals surface area contributed by atoms with Crippen LogP contribution in [-0.4, -0.2) is 44.5 Å². The number of carbonyl (C=O) groups excluding carboxylic acids is 2. The van der Waals surface area contributed by atoms with Gasteiger partial charge < -0.3 is 20.3 Å². The van der Waals surface area contributed by atoms with E-state index in [0.29, 0.717) is 24.3 Å². The molecule has 0 fully saturated rings. The van der Waals surface area contributed by atoms with Gasteiger partial charge in [-0.05, 0) is 36.2 Å². The van der Waals surface area contributed by atoms with Crippen LogP contribution in [0.5, 0.6) is 5.75 Å². The molecular formula is C20H25N3O3. The van der Waals surface area contributed by atoms with Crippen molar-refractivity contribution in [3.63, 3.8) is 0 Å². The monoisotopic (exact) mass is 355 g/mol. The number of ether oxygens (including phenoxy) is 1. The van der Waals surface area contributed by atoms with Crippen molar-refractivity contribution in [2.45, 2.75) is 12.8 Å². The first kappa shape index (κ1) is 19.3. The highest BCUT2D eigenvalue weighted by molar-refractivity contribution is 5.93. The summed E-state index contributed by atoms with van der Waals surface area (Å²) in [5, 5.41) is 5.90. The van der Waals surface area contributed by atoms with Gasteiger partial charge in [0.1, 0.15) is 5.75 Å². The number of rotatable bonds is 8. The second kappa shape index (κ2) is 9.46. The molecule has 2 aromatic rings. The van der Waals surface area contributed by atoms with E-state index in [1.54, 1.807) is 32.2 Å². The van der Waals surface area contributed by atoms with Crippen LogP contribution >= 0.6 is 0 Å². The van der Waals surface area contributed by atoms with E-state index in [9.17, 15) is 9.59 Å². The molecule has 6 heteroatoms. The van der Waals surface area contributed by atoms with Gasteiger partial charge in [0.2, 0.25) is 11.8 Å². The predicted octanol–water partition coefficient (Wildman–Crippen LogP) is 2.77. The van der Waals surface area contributed by atoms with E-state index in [0.717, 1.165) is 11.3 Å². The number of hydrogen-bond acceptors (Lipinski definition) is 4. The van der Waals surface area contributed by atoms with Crippen LogP contribution in [0.3, 0.4) is 0 Å². The van der Waals surface area contributed by atoms with Crippen LogP contribution in [0.25, 0.3) is 0 Å². The van der Waals surface area contributed by atoms with Crippen molar-refractivity contribution in [1.29, 1.82) is 0 Å². The number of anilines is 2. The number of carbonyl (C=O) groups is 2. The fourth-order valence-electron chi connectivity index (χ4n) is 2.35. The third-order valence-electron chi connectivity index (χ3n) is 3.89. The summed E-state index contributed by atoms with van der Waals surface area (Å²) in [5.74, 6) is 0.666. The molecule has 0 aliphatic rings. The minimum Gasteiger partial charge on any atom is -0.497 e. The van der Waals surface area contributed by atoms with Crippen molar-refractivity contribution in [1.82, 2.24) is 4.90 Å². The van der Waals surface area contributed by atoms with E-state index >= 15 is 0 Å². The van der Waals surface area contributed by atoms with Gasteiger partial charge in [0, 0.05) is 38.0 Å². The van der Waals surface area contributed by atoms with Crippen LogP contribution in [-0.2, 0) is 16.0 Å². The van der Waals surface area contributed by atoms with Crippen molar-refractivity contribution < 1.29 is 14.3 Å². The average Bonchev–Trinajstić information content (AvgIpc) is 2.65. The zero-order valence-electron chi connectivity index (χ0n) is 15.4. The fourth-order valence-corrected chi connectivity index (χ4v) is 2.35. The second-order valence-corrected chi connectivity index (χ2v) is 6.12. The molecule has 6 nitrogen and oxygen atoms in total. The normalized spacial score (nSPS) is 10.1. The Balaban J connectivity index is 1.79. The summed E-state index contributed by atoms with van der Waals surface area (Å²) in [4.78, 5) is 25.2. The molecular weight excluding hydrogens is 330 g/mol. The Labute approximate surface area is 154 Å². The van der Waals surface area contributed by atoms with Gasteiger partial charge in [0.25, 0.3) is 0 Å². The molecule has 0 heterocycles. The van der Waals surface area contributed by atoms with Crippen molar-refractivity contribution in [2.75, 3.05) is 38.4 Å². The Hall–Kier alpha value is -3.02. The second-order valence-electron chi connectivity index (χ2n) is 6.12. The standard InChI is InChI=1S/C20H25N3O3/c1-23(2)20(25)12-9-15-7-10-16(11-8-15)21-14-19(24)22-17-5-4-6-18(13-17)26-3/h4-8,10-11,13,21H,9,12,14H2,1-3H3,(H,22,24). The van der Waals surface area contributed by atoms with Crippen molar-refractivity contribution in [3.8, 4) is 5.75 Å². The molecule has 2 rings (SSSR count). The first-order chi connectivity index (χ1) is 12.5. The molecule has 0 aliphatic heterocycles. The van der Waals surface area contributed by atoms with Gasteiger partial charge in [0.05, 0.1) is 13.7 Å². The van der Waals surface area contributed by atoms with Gasteiger partial charge in [-0.1, -0.05) is 18.2 Å². The quantitative estimate of drug-likeness (QED) is 0.764. The van der Waals surface area contributed by atoms with E-state index in [1.165, 1.54) is 0 Å². The van der Waals surface area contributed by atoms with Crippen molar-refractivity contribution >= 4 is 23.2 Å². The topological polar surface area (TPSA) is 70.7 Å². The highest BCUT2D eigenvalue weighted by Gasteiger charge is 2.05. The van der Waals surface area contributed by atoms with E-state index in [1.807, 2.05) is 42.5 Å². The van der Waals surface area contributed by atoms with Crippen LogP contribution in [0, 0.1) is 0 Å². The molecule has 138 valence electrons. The first-order valence-corrected chi connectivity index (χ1v) is 8.45. The van der Waals surface area contributed by atoms with Gasteiger partial charge in [-0.3, -0.25) is 9.59 Å². The summed E-state index contributed by atoms with van der Waals surface area (Å²) in [6, 6.07) is 15.0. The minimum atomic E-state index is -0.140. The minimum absolute atomic E-state index is 0.112. The zero-order valence-corrected chi connectivity index (χ0v) is 15.4. The number of nitrogens with zero attached hydrogens (tertiary/aromatic N) is 1. The van der Waals surface area contributed by atoms with Crippen LogP contribution in [0.15, 0.2) is 48.5 Å². The lowest BCUT2D eigenvalue weighted by Gasteiger charge is -2.11. The smallest absolute Gasteiger partial charge is 0.243 e. The highest BCUT2D eigenvalue weighted by Crippen LogP contribution is 2.16. The molecule has 2 aromatic carbocycles. The molecule has 0 bridgehead atoms. The molecule has 0 saturated carbocycles. The van der Waals surface area contributed by atoms with Gasteiger partial charge in [0.15, 0.2) is 0 Å². The molecule has 2 amide bonds. The van der Waals surface area contributed by atoms with Crippen molar-refractivity contribution in [2.24, 2.45) is 0 Å². The van der Waals surface area contributed by atoms with Crippen LogP contribution in [0.2, 0.25) is 0 Å². The average molecular weight is 355 g/mol. The number of aryl methyl sites for hydroxylation is 1. The number of methoxy groups -OCH3 is 1. The number of nitrogens with one attached hydrogen (secondary N) is 2. The van der Waals surface area contributed by atoms with Crippen molar-refractivity contribution in [3.05, 3.63) is 54.1 Å². The molecule has 0 aromatic heterocycles. The highest BCUT2D eigenvalue weighted by atomic mass is 16.5. The molecule has 2 N–H and O–H groups in total. The maximum absolute atomic E-state index is 12.0. The largest absolute Gasteiger partial charge is 0.497 e. The predicted molar refractivity (Wildman–Crippen MR) is 104 cm³/mol. The molecule has 0 saturated heterocycles. The lowest BCUT2D eigenvalue weighted by molar-refractivity contribution is -0.128. The molecule has 0 atom stereocenters. The summed E-state index contributed by atoms with van der Waals surface area (Å²) in [5.41, 5.74) is 2.64. The SMILES string of the molecule is COc1cccc(NC(=O)CNc2ccc(CCC(=O)N(C)C)cc2)c1. The maximum atomic E-state index is 12.0. The lowest BCUT2D eigenvalue weighted by atomic mass is 10.1. The molecule has 0 unspecified atom stereocenters.